The molecule has 1 aromatic carbocycles. The van der Waals surface area contributed by atoms with Gasteiger partial charge in [-0.05, 0) is 41.0 Å². The summed E-state index contributed by atoms with van der Waals surface area (Å²) in [7, 11) is 0. The largest absolute Gasteiger partial charge is 0.478 e. The van der Waals surface area contributed by atoms with E-state index in [4.69, 9.17) is 16.2 Å². The van der Waals surface area contributed by atoms with Gasteiger partial charge in [-0.1, -0.05) is 25.5 Å². The average Bonchev–Trinajstić information content (AvgIpc) is 2.54. The molecule has 0 fully saturated rings. The standard InChI is InChI=1S/C15H16N2O2.HN3/c1-2-3-4-11-9-16-14(17-10-11)12-5-7-13(8-6-12)15(18)19;1-3-2/h5-10H,2-4H2,1H3,(H,18,19);1H. The molecule has 1 aromatic heterocycles. The lowest BCUT2D eigenvalue weighted by Gasteiger charge is -2.03. The number of hydrogen-bond acceptors (Lipinski definition) is 4. The van der Waals surface area contributed by atoms with Crippen LogP contribution in [-0.2, 0) is 6.42 Å². The Balaban J connectivity index is 0.000000745. The molecule has 0 saturated carbocycles. The van der Waals surface area contributed by atoms with Gasteiger partial charge in [0.2, 0.25) is 0 Å². The fraction of sp³-hybridized carbons (Fsp3) is 0.267. The highest BCUT2D eigenvalue weighted by Gasteiger charge is 2.05. The second-order valence-corrected chi connectivity index (χ2v) is 4.50. The molecule has 0 spiro atoms. The predicted octanol–water partition coefficient (Wildman–Crippen LogP) is 4.06. The van der Waals surface area contributed by atoms with E-state index in [2.05, 4.69) is 16.9 Å². The van der Waals surface area contributed by atoms with Crippen LogP contribution in [0, 0.1) is 5.53 Å². The number of hydrogen-bond donors (Lipinski definition) is 2. The molecule has 0 bridgehead atoms. The first-order valence-electron chi connectivity index (χ1n) is 6.77. The average molecular weight is 299 g/mol. The van der Waals surface area contributed by atoms with Crippen molar-refractivity contribution in [2.45, 2.75) is 26.2 Å². The molecular formula is C15H17N5O2. The van der Waals surface area contributed by atoms with E-state index in [9.17, 15) is 4.79 Å². The van der Waals surface area contributed by atoms with Gasteiger partial charge in [-0.3, -0.25) is 0 Å². The zero-order chi connectivity index (χ0) is 16.4. The third kappa shape index (κ3) is 5.22. The number of nitrogens with zero attached hydrogens (tertiary/aromatic N) is 4. The van der Waals surface area contributed by atoms with Crippen LogP contribution in [0.4, 0.5) is 0 Å². The lowest BCUT2D eigenvalue weighted by atomic mass is 10.1. The van der Waals surface area contributed by atoms with Crippen LogP contribution in [0.2, 0.25) is 0 Å². The van der Waals surface area contributed by atoms with Gasteiger partial charge in [-0.15, -0.1) is 5.53 Å². The number of aryl methyl sites for hydroxylation is 1. The quantitative estimate of drug-likeness (QED) is 0.490. The predicted molar refractivity (Wildman–Crippen MR) is 82.5 cm³/mol. The lowest BCUT2D eigenvalue weighted by molar-refractivity contribution is 0.0697. The van der Waals surface area contributed by atoms with E-state index >= 15 is 0 Å². The highest BCUT2D eigenvalue weighted by molar-refractivity contribution is 5.88. The molecule has 2 rings (SSSR count). The number of aromatic nitrogens is 2. The molecule has 2 N–H and O–H groups in total. The van der Waals surface area contributed by atoms with Crippen LogP contribution in [0.15, 0.2) is 36.7 Å². The summed E-state index contributed by atoms with van der Waals surface area (Å²) in [6, 6.07) is 6.58. The highest BCUT2D eigenvalue weighted by atomic mass is 16.4. The maximum atomic E-state index is 10.8. The van der Waals surface area contributed by atoms with E-state index in [1.807, 2.05) is 12.4 Å². The number of unbranched alkanes of at least 4 members (excludes halogenated alkanes) is 1. The Hall–Kier alpha value is -2.92. The van der Waals surface area contributed by atoms with Gasteiger partial charge in [0.1, 0.15) is 0 Å². The summed E-state index contributed by atoms with van der Waals surface area (Å²) in [5, 5.41) is 8.83. The second kappa shape index (κ2) is 9.10. The van der Waals surface area contributed by atoms with Gasteiger partial charge >= 0.3 is 5.97 Å². The van der Waals surface area contributed by atoms with Crippen LogP contribution in [0.1, 0.15) is 35.7 Å². The van der Waals surface area contributed by atoms with Crippen molar-refractivity contribution in [2.75, 3.05) is 0 Å². The topological polar surface area (TPSA) is 123 Å². The van der Waals surface area contributed by atoms with Crippen LogP contribution >= 0.6 is 0 Å². The molecule has 0 aliphatic rings. The molecule has 0 saturated heterocycles. The summed E-state index contributed by atoms with van der Waals surface area (Å²) >= 11 is 0. The Bertz CT molecular complexity index is 632. The van der Waals surface area contributed by atoms with E-state index in [0.717, 1.165) is 30.4 Å². The maximum Gasteiger partial charge on any atom is 0.335 e. The Morgan fingerprint density at radius 1 is 1.27 bits per heavy atom. The van der Waals surface area contributed by atoms with Crippen LogP contribution in [0.25, 0.3) is 21.8 Å². The molecule has 0 unspecified atom stereocenters. The molecule has 7 nitrogen and oxygen atoms in total. The first-order valence-corrected chi connectivity index (χ1v) is 6.77. The first kappa shape index (κ1) is 17.1. The molecule has 22 heavy (non-hydrogen) atoms. The van der Waals surface area contributed by atoms with Crippen LogP contribution in [-0.4, -0.2) is 21.0 Å². The van der Waals surface area contributed by atoms with Crippen molar-refractivity contribution in [1.29, 1.82) is 5.53 Å². The van der Waals surface area contributed by atoms with E-state index < -0.39 is 5.97 Å². The Labute approximate surface area is 128 Å². The van der Waals surface area contributed by atoms with Gasteiger partial charge in [0.05, 0.1) is 5.56 Å². The number of carboxylic acid groups (broad SMARTS) is 1. The van der Waals surface area contributed by atoms with Crippen molar-refractivity contribution >= 4 is 5.97 Å². The third-order valence-corrected chi connectivity index (χ3v) is 2.91. The second-order valence-electron chi connectivity index (χ2n) is 4.50. The van der Waals surface area contributed by atoms with Gasteiger partial charge in [0.25, 0.3) is 0 Å². The van der Waals surface area contributed by atoms with Crippen molar-refractivity contribution in [3.05, 3.63) is 58.2 Å². The van der Waals surface area contributed by atoms with Gasteiger partial charge in [-0.2, -0.15) is 0 Å². The Morgan fingerprint density at radius 3 is 2.27 bits per heavy atom. The number of carboxylic acids is 1. The summed E-state index contributed by atoms with van der Waals surface area (Å²) in [5.41, 5.74) is 14.5. The van der Waals surface area contributed by atoms with Crippen molar-refractivity contribution in [3.63, 3.8) is 0 Å². The van der Waals surface area contributed by atoms with Crippen LogP contribution < -0.4 is 0 Å². The van der Waals surface area contributed by atoms with Gasteiger partial charge in [0.15, 0.2) is 5.82 Å². The normalized spacial score (nSPS) is 9.32. The lowest BCUT2D eigenvalue weighted by Crippen LogP contribution is -1.96. The van der Waals surface area contributed by atoms with Crippen molar-refractivity contribution in [3.8, 4) is 11.4 Å². The highest BCUT2D eigenvalue weighted by Crippen LogP contribution is 2.15. The molecule has 1 heterocycles. The summed E-state index contributed by atoms with van der Waals surface area (Å²) in [6.07, 6.45) is 6.95. The fourth-order valence-electron chi connectivity index (χ4n) is 1.78. The van der Waals surface area contributed by atoms with Crippen LogP contribution in [0.5, 0.6) is 0 Å². The summed E-state index contributed by atoms with van der Waals surface area (Å²) in [4.78, 5) is 21.1. The van der Waals surface area contributed by atoms with E-state index in [0.29, 0.717) is 5.82 Å². The minimum Gasteiger partial charge on any atom is -0.478 e. The molecule has 2 aromatic rings. The molecular weight excluding hydrogens is 282 g/mol. The Morgan fingerprint density at radius 2 is 1.82 bits per heavy atom. The number of benzene rings is 1. The summed E-state index contributed by atoms with van der Waals surface area (Å²) in [6.45, 7) is 2.15. The minimum absolute atomic E-state index is 0.267. The van der Waals surface area contributed by atoms with E-state index in [1.54, 1.807) is 29.2 Å². The van der Waals surface area contributed by atoms with E-state index in [-0.39, 0.29) is 5.56 Å². The number of aromatic carboxylic acids is 1. The zero-order valence-electron chi connectivity index (χ0n) is 12.2. The van der Waals surface area contributed by atoms with Gasteiger partial charge in [-0.25, -0.2) is 14.8 Å². The maximum absolute atomic E-state index is 10.8. The molecule has 0 aliphatic carbocycles. The van der Waals surface area contributed by atoms with Crippen molar-refractivity contribution < 1.29 is 9.90 Å². The Kier molecular flexibility index (Phi) is 7.08. The minimum atomic E-state index is -0.928. The van der Waals surface area contributed by atoms with E-state index in [1.165, 1.54) is 0 Å². The molecule has 114 valence electrons. The number of nitrogens with one attached hydrogen (secondary N) is 1. The zero-order valence-corrected chi connectivity index (χ0v) is 12.2. The monoisotopic (exact) mass is 299 g/mol. The van der Waals surface area contributed by atoms with Crippen molar-refractivity contribution in [1.82, 2.24) is 9.97 Å². The molecule has 7 heteroatoms. The van der Waals surface area contributed by atoms with Crippen molar-refractivity contribution in [2.24, 2.45) is 0 Å². The molecule has 0 amide bonds. The molecule has 0 radical (unpaired) electrons. The SMILES string of the molecule is CCCCc1cnc(-c2ccc(C(=O)O)cc2)nc1.[N-]=[N+]=N. The molecule has 0 atom stereocenters. The molecule has 0 aliphatic heterocycles. The van der Waals surface area contributed by atoms with Crippen LogP contribution in [0.3, 0.4) is 0 Å². The summed E-state index contributed by atoms with van der Waals surface area (Å²) < 4.78 is 0. The fourth-order valence-corrected chi connectivity index (χ4v) is 1.78. The smallest absolute Gasteiger partial charge is 0.335 e. The number of rotatable bonds is 5. The van der Waals surface area contributed by atoms with Gasteiger partial charge in [0, 0.05) is 18.0 Å². The third-order valence-electron chi connectivity index (χ3n) is 2.91. The summed E-state index contributed by atoms with van der Waals surface area (Å²) in [5.74, 6) is -0.306. The number of carbonyl (C=O) groups is 1. The first-order chi connectivity index (χ1) is 10.6. The van der Waals surface area contributed by atoms with Gasteiger partial charge < -0.3 is 5.11 Å².